The summed E-state index contributed by atoms with van der Waals surface area (Å²) in [4.78, 5) is 0.188. The van der Waals surface area contributed by atoms with Gasteiger partial charge < -0.3 is 21.4 Å². The Morgan fingerprint density at radius 2 is 1.95 bits per heavy atom. The maximum Gasteiger partial charge on any atom is 0.179 e. The Labute approximate surface area is 123 Å². The molecule has 0 bridgehead atoms. The number of nitrogens with one attached hydrogen (secondary N) is 1. The van der Waals surface area contributed by atoms with E-state index in [1.807, 2.05) is 0 Å². The number of benzene rings is 1. The summed E-state index contributed by atoms with van der Waals surface area (Å²) in [7, 11) is -3.40. The average molecular weight is 313 g/mol. The minimum Gasteiger partial charge on any atom is -0.409 e. The van der Waals surface area contributed by atoms with E-state index < -0.39 is 9.84 Å². The molecule has 0 unspecified atom stereocenters. The van der Waals surface area contributed by atoms with E-state index in [9.17, 15) is 8.42 Å². The highest BCUT2D eigenvalue weighted by molar-refractivity contribution is 7.91. The van der Waals surface area contributed by atoms with Crippen LogP contribution in [-0.4, -0.2) is 49.0 Å². The Morgan fingerprint density at radius 3 is 2.43 bits per heavy atom. The molecule has 2 rings (SSSR count). The topological polar surface area (TPSA) is 125 Å². The van der Waals surface area contributed by atoms with Crippen LogP contribution in [0, 0.1) is 0 Å². The van der Waals surface area contributed by atoms with Crippen LogP contribution in [0.25, 0.3) is 0 Å². The van der Waals surface area contributed by atoms with Crippen LogP contribution in [0.5, 0.6) is 0 Å². The van der Waals surface area contributed by atoms with Gasteiger partial charge >= 0.3 is 0 Å². The van der Waals surface area contributed by atoms with E-state index in [-0.39, 0.29) is 28.6 Å². The lowest BCUT2D eigenvalue weighted by atomic mass is 10.2. The molecule has 1 aromatic carbocycles. The zero-order chi connectivity index (χ0) is 15.5. The molecule has 8 heteroatoms. The Kier molecular flexibility index (Phi) is 4.50. The van der Waals surface area contributed by atoms with E-state index in [4.69, 9.17) is 16.0 Å². The van der Waals surface area contributed by atoms with Crippen molar-refractivity contribution in [1.82, 2.24) is 5.32 Å². The van der Waals surface area contributed by atoms with Crippen molar-refractivity contribution in [2.45, 2.75) is 23.3 Å². The van der Waals surface area contributed by atoms with Crippen LogP contribution in [0.2, 0.25) is 0 Å². The molecular formula is C13H19N3O4S. The number of aliphatic hydroxyl groups is 1. The largest absolute Gasteiger partial charge is 0.409 e. The van der Waals surface area contributed by atoms with Crippen molar-refractivity contribution in [3.63, 3.8) is 0 Å². The molecule has 1 aliphatic rings. The summed E-state index contributed by atoms with van der Waals surface area (Å²) in [5, 5.41) is 23.6. The van der Waals surface area contributed by atoms with Crippen molar-refractivity contribution in [2.75, 3.05) is 18.9 Å². The van der Waals surface area contributed by atoms with Crippen molar-refractivity contribution in [1.29, 1.82) is 0 Å². The van der Waals surface area contributed by atoms with Crippen LogP contribution in [0.1, 0.15) is 18.4 Å². The normalized spacial score (nSPS) is 17.7. The molecule has 1 aromatic rings. The third-order valence-corrected chi connectivity index (χ3v) is 5.38. The van der Waals surface area contributed by atoms with Gasteiger partial charge in [0.1, 0.15) is 0 Å². The lowest BCUT2D eigenvalue weighted by Crippen LogP contribution is -2.37. The molecule has 7 nitrogen and oxygen atoms in total. The summed E-state index contributed by atoms with van der Waals surface area (Å²) in [6.07, 6.45) is 1.75. The van der Waals surface area contributed by atoms with Crippen molar-refractivity contribution in [2.24, 2.45) is 10.9 Å². The molecule has 1 saturated carbocycles. The molecule has 0 spiro atoms. The first-order chi connectivity index (χ1) is 9.92. The Balaban J connectivity index is 1.99. The second-order valence-corrected chi connectivity index (χ2v) is 7.30. The van der Waals surface area contributed by atoms with E-state index in [2.05, 4.69) is 10.5 Å². The predicted octanol–water partition coefficient (Wildman–Crippen LogP) is -0.331. The number of nitrogens with zero attached hydrogens (tertiary/aromatic N) is 1. The highest BCUT2D eigenvalue weighted by Crippen LogP contribution is 2.34. The quantitative estimate of drug-likeness (QED) is 0.236. The maximum absolute atomic E-state index is 12.2. The molecule has 0 amide bonds. The van der Waals surface area contributed by atoms with E-state index in [1.165, 1.54) is 24.3 Å². The summed E-state index contributed by atoms with van der Waals surface area (Å²) in [6, 6.07) is 5.85. The van der Waals surface area contributed by atoms with Crippen molar-refractivity contribution < 1.29 is 18.7 Å². The van der Waals surface area contributed by atoms with Crippen LogP contribution in [-0.2, 0) is 9.84 Å². The number of hydrogen-bond donors (Lipinski definition) is 4. The van der Waals surface area contributed by atoms with Crippen LogP contribution < -0.4 is 11.1 Å². The number of rotatable bonds is 7. The molecule has 116 valence electrons. The van der Waals surface area contributed by atoms with E-state index in [0.29, 0.717) is 12.1 Å². The maximum atomic E-state index is 12.2. The van der Waals surface area contributed by atoms with Crippen molar-refractivity contribution >= 4 is 15.7 Å². The summed E-state index contributed by atoms with van der Waals surface area (Å²) in [5.41, 5.74) is 5.60. The highest BCUT2D eigenvalue weighted by atomic mass is 32.2. The zero-order valence-electron chi connectivity index (χ0n) is 11.5. The molecule has 0 aromatic heterocycles. The van der Waals surface area contributed by atoms with Gasteiger partial charge in [0.2, 0.25) is 0 Å². The molecule has 1 aliphatic carbocycles. The minimum absolute atomic E-state index is 0.0293. The van der Waals surface area contributed by atoms with Crippen molar-refractivity contribution in [3.8, 4) is 0 Å². The molecule has 5 N–H and O–H groups in total. The van der Waals surface area contributed by atoms with Gasteiger partial charge in [-0.25, -0.2) is 8.42 Å². The minimum atomic E-state index is -3.40. The monoisotopic (exact) mass is 313 g/mol. The van der Waals surface area contributed by atoms with Crippen LogP contribution in [0.4, 0.5) is 0 Å². The first kappa shape index (κ1) is 15.7. The molecular weight excluding hydrogens is 294 g/mol. The molecule has 0 aliphatic heterocycles. The summed E-state index contributed by atoms with van der Waals surface area (Å²) >= 11 is 0. The molecule has 0 heterocycles. The number of sulfone groups is 1. The third kappa shape index (κ3) is 3.72. The number of aliphatic hydroxyl groups excluding tert-OH is 1. The summed E-state index contributed by atoms with van der Waals surface area (Å²) < 4.78 is 24.3. The standard InChI is InChI=1S/C13H19N3O4S/c14-12(16-18)10-1-3-11(4-2-10)21(19,20)8-7-15-13(9-17)5-6-13/h1-4,15,17-18H,5-9H2,(H2,14,16). The number of oxime groups is 1. The lowest BCUT2D eigenvalue weighted by Gasteiger charge is -2.14. The summed E-state index contributed by atoms with van der Waals surface area (Å²) in [5.74, 6) is -0.114. The second-order valence-electron chi connectivity index (χ2n) is 5.19. The zero-order valence-corrected chi connectivity index (χ0v) is 12.3. The number of nitrogens with two attached hydrogens (primary N) is 1. The lowest BCUT2D eigenvalue weighted by molar-refractivity contribution is 0.233. The Morgan fingerprint density at radius 1 is 1.33 bits per heavy atom. The second kappa shape index (κ2) is 6.00. The van der Waals surface area contributed by atoms with Gasteiger partial charge in [-0.15, -0.1) is 0 Å². The molecule has 1 fully saturated rings. The van der Waals surface area contributed by atoms with Gasteiger partial charge in [-0.1, -0.05) is 5.16 Å². The Bertz CT molecular complexity index is 621. The molecule has 0 saturated heterocycles. The smallest absolute Gasteiger partial charge is 0.179 e. The SMILES string of the molecule is N/C(=N/O)c1ccc(S(=O)(=O)CCNC2(CO)CC2)cc1. The van der Waals surface area contributed by atoms with E-state index in [1.54, 1.807) is 0 Å². The molecule has 0 radical (unpaired) electrons. The van der Waals surface area contributed by atoms with Gasteiger partial charge in [-0.2, -0.15) is 0 Å². The fourth-order valence-electron chi connectivity index (χ4n) is 2.00. The van der Waals surface area contributed by atoms with Gasteiger partial charge in [-0.3, -0.25) is 0 Å². The summed E-state index contributed by atoms with van der Waals surface area (Å²) in [6.45, 7) is 0.326. The van der Waals surface area contributed by atoms with Crippen molar-refractivity contribution in [3.05, 3.63) is 29.8 Å². The van der Waals surface area contributed by atoms with Gasteiger partial charge in [-0.05, 0) is 37.1 Å². The average Bonchev–Trinajstić information content (AvgIpc) is 3.27. The van der Waals surface area contributed by atoms with Crippen LogP contribution in [0.3, 0.4) is 0 Å². The highest BCUT2D eigenvalue weighted by Gasteiger charge is 2.41. The number of hydrogen-bond acceptors (Lipinski definition) is 6. The molecule has 0 atom stereocenters. The first-order valence-corrected chi connectivity index (χ1v) is 8.24. The van der Waals surface area contributed by atoms with Crippen LogP contribution >= 0.6 is 0 Å². The van der Waals surface area contributed by atoms with Gasteiger partial charge in [0.05, 0.1) is 17.3 Å². The fourth-order valence-corrected chi connectivity index (χ4v) is 3.16. The van der Waals surface area contributed by atoms with E-state index in [0.717, 1.165) is 12.8 Å². The van der Waals surface area contributed by atoms with Crippen LogP contribution in [0.15, 0.2) is 34.3 Å². The first-order valence-electron chi connectivity index (χ1n) is 6.59. The molecule has 21 heavy (non-hydrogen) atoms. The Hall–Kier alpha value is -1.64. The fraction of sp³-hybridized carbons (Fsp3) is 0.462. The van der Waals surface area contributed by atoms with Gasteiger partial charge in [0.15, 0.2) is 15.7 Å². The predicted molar refractivity (Wildman–Crippen MR) is 78.1 cm³/mol. The number of amidine groups is 1. The third-order valence-electron chi connectivity index (χ3n) is 3.64. The van der Waals surface area contributed by atoms with E-state index >= 15 is 0 Å². The van der Waals surface area contributed by atoms with Gasteiger partial charge in [0, 0.05) is 17.6 Å². The van der Waals surface area contributed by atoms with Gasteiger partial charge in [0.25, 0.3) is 0 Å².